The van der Waals surface area contributed by atoms with Gasteiger partial charge in [-0.05, 0) is 39.4 Å². The van der Waals surface area contributed by atoms with E-state index in [1.54, 1.807) is 0 Å². The molecule has 3 aromatic rings. The Morgan fingerprint density at radius 2 is 1.60 bits per heavy atom. The van der Waals surface area contributed by atoms with Crippen molar-refractivity contribution in [3.63, 3.8) is 0 Å². The SMILES string of the molecule is C1=Cc2ccc3c4c(ccc3c2=N1)-c1ccccc1C=4. The van der Waals surface area contributed by atoms with E-state index < -0.39 is 0 Å². The van der Waals surface area contributed by atoms with Gasteiger partial charge >= 0.3 is 0 Å². The molecule has 1 aliphatic carbocycles. The van der Waals surface area contributed by atoms with Gasteiger partial charge in [-0.3, -0.25) is 4.99 Å². The number of fused-ring (bicyclic) bond motifs is 7. The van der Waals surface area contributed by atoms with Crippen molar-refractivity contribution in [2.75, 3.05) is 0 Å². The third-order valence-electron chi connectivity index (χ3n) is 4.25. The number of hydrogen-bond acceptors (Lipinski definition) is 1. The van der Waals surface area contributed by atoms with E-state index in [-0.39, 0.29) is 0 Å². The molecule has 0 spiro atoms. The normalized spacial score (nSPS) is 13.6. The minimum Gasteiger partial charge on any atom is -0.256 e. The van der Waals surface area contributed by atoms with Gasteiger partial charge in [0.05, 0.1) is 5.36 Å². The summed E-state index contributed by atoms with van der Waals surface area (Å²) in [4.78, 5) is 4.51. The zero-order valence-corrected chi connectivity index (χ0v) is 10.8. The van der Waals surface area contributed by atoms with E-state index in [4.69, 9.17) is 0 Å². The van der Waals surface area contributed by atoms with Gasteiger partial charge in [0.1, 0.15) is 0 Å². The van der Waals surface area contributed by atoms with Crippen molar-refractivity contribution in [2.45, 2.75) is 0 Å². The predicted octanol–water partition coefficient (Wildman–Crippen LogP) is 3.25. The van der Waals surface area contributed by atoms with Crippen LogP contribution in [0.5, 0.6) is 0 Å². The Bertz CT molecular complexity index is 1040. The molecule has 0 bridgehead atoms. The van der Waals surface area contributed by atoms with Gasteiger partial charge in [0.15, 0.2) is 0 Å². The largest absolute Gasteiger partial charge is 0.256 e. The highest BCUT2D eigenvalue weighted by Crippen LogP contribution is 2.28. The van der Waals surface area contributed by atoms with Crippen LogP contribution in [-0.2, 0) is 0 Å². The number of nitrogens with zero attached hydrogens (tertiary/aromatic N) is 1. The standard InChI is InChI=1S/C19H11N/c1-2-4-14-13(3-1)11-18-15(14)7-8-17-16(18)6-5-12-9-10-20-19(12)17/h1-11H. The topological polar surface area (TPSA) is 12.4 Å². The fourth-order valence-corrected chi connectivity index (χ4v) is 3.31. The predicted molar refractivity (Wildman–Crippen MR) is 82.8 cm³/mol. The fourth-order valence-electron chi connectivity index (χ4n) is 3.31. The maximum absolute atomic E-state index is 4.51. The molecular weight excluding hydrogens is 242 g/mol. The molecule has 3 aromatic carbocycles. The lowest BCUT2D eigenvalue weighted by Gasteiger charge is -2.04. The number of benzene rings is 3. The molecular formula is C19H11N. The Hall–Kier alpha value is -2.67. The maximum atomic E-state index is 4.51. The second kappa shape index (κ2) is 3.45. The van der Waals surface area contributed by atoms with E-state index in [1.165, 1.54) is 38.2 Å². The van der Waals surface area contributed by atoms with Gasteiger partial charge in [0.2, 0.25) is 0 Å². The molecule has 20 heavy (non-hydrogen) atoms. The Kier molecular flexibility index (Phi) is 1.75. The van der Waals surface area contributed by atoms with Crippen LogP contribution >= 0.6 is 0 Å². The Morgan fingerprint density at radius 1 is 0.700 bits per heavy atom. The van der Waals surface area contributed by atoms with Gasteiger partial charge in [-0.15, -0.1) is 0 Å². The van der Waals surface area contributed by atoms with Crippen molar-refractivity contribution in [1.82, 2.24) is 0 Å². The summed E-state index contributed by atoms with van der Waals surface area (Å²) in [6.07, 6.45) is 6.25. The second-order valence-corrected chi connectivity index (χ2v) is 5.30. The van der Waals surface area contributed by atoms with Crippen molar-refractivity contribution >= 4 is 22.9 Å². The third-order valence-corrected chi connectivity index (χ3v) is 4.25. The first kappa shape index (κ1) is 10.2. The van der Waals surface area contributed by atoms with Crippen LogP contribution in [0.25, 0.3) is 34.1 Å². The molecule has 0 radical (unpaired) electrons. The second-order valence-electron chi connectivity index (χ2n) is 5.30. The van der Waals surface area contributed by atoms with Crippen LogP contribution in [0.4, 0.5) is 0 Å². The maximum Gasteiger partial charge on any atom is 0.0781 e. The highest BCUT2D eigenvalue weighted by Gasteiger charge is 2.14. The lowest BCUT2D eigenvalue weighted by molar-refractivity contribution is 1.42. The highest BCUT2D eigenvalue weighted by molar-refractivity contribution is 5.95. The molecule has 5 rings (SSSR count). The monoisotopic (exact) mass is 253 g/mol. The van der Waals surface area contributed by atoms with Gasteiger partial charge in [-0.2, -0.15) is 0 Å². The minimum atomic E-state index is 1.11. The Morgan fingerprint density at radius 3 is 2.60 bits per heavy atom. The smallest absolute Gasteiger partial charge is 0.0781 e. The van der Waals surface area contributed by atoms with E-state index in [2.05, 4.69) is 65.7 Å². The van der Waals surface area contributed by atoms with Crippen LogP contribution in [0.3, 0.4) is 0 Å². The van der Waals surface area contributed by atoms with Crippen LogP contribution in [0.1, 0.15) is 11.1 Å². The van der Waals surface area contributed by atoms with Gasteiger partial charge < -0.3 is 0 Å². The zero-order valence-electron chi connectivity index (χ0n) is 10.8. The van der Waals surface area contributed by atoms with Crippen molar-refractivity contribution < 1.29 is 0 Å². The van der Waals surface area contributed by atoms with Gasteiger partial charge in [-0.25, -0.2) is 0 Å². The molecule has 0 saturated heterocycles. The molecule has 1 nitrogen and oxygen atoms in total. The van der Waals surface area contributed by atoms with E-state index in [1.807, 2.05) is 6.20 Å². The molecule has 1 heterocycles. The summed E-state index contributed by atoms with van der Waals surface area (Å²) >= 11 is 0. The quantitative estimate of drug-likeness (QED) is 0.456. The molecule has 0 atom stereocenters. The average Bonchev–Trinajstić information content (AvgIpc) is 3.11. The summed E-state index contributed by atoms with van der Waals surface area (Å²) in [5.41, 5.74) is 5.19. The average molecular weight is 253 g/mol. The highest BCUT2D eigenvalue weighted by atomic mass is 14.7. The first-order chi connectivity index (χ1) is 9.92. The Balaban J connectivity index is 1.99. The van der Waals surface area contributed by atoms with Crippen LogP contribution in [-0.4, -0.2) is 0 Å². The van der Waals surface area contributed by atoms with Crippen LogP contribution in [0.2, 0.25) is 0 Å². The van der Waals surface area contributed by atoms with Crippen molar-refractivity contribution in [3.8, 4) is 11.1 Å². The van der Waals surface area contributed by atoms with E-state index >= 15 is 0 Å². The summed E-state index contributed by atoms with van der Waals surface area (Å²) in [7, 11) is 0. The molecule has 1 aliphatic heterocycles. The summed E-state index contributed by atoms with van der Waals surface area (Å²) in [5.74, 6) is 0. The lowest BCUT2D eigenvalue weighted by atomic mass is 9.99. The lowest BCUT2D eigenvalue weighted by Crippen LogP contribution is -2.11. The number of hydrogen-bond donors (Lipinski definition) is 0. The third kappa shape index (κ3) is 1.15. The van der Waals surface area contributed by atoms with E-state index in [0.29, 0.717) is 0 Å². The van der Waals surface area contributed by atoms with Crippen molar-refractivity contribution in [2.24, 2.45) is 4.99 Å². The molecule has 0 N–H and O–H groups in total. The van der Waals surface area contributed by atoms with Crippen molar-refractivity contribution in [3.05, 3.63) is 76.4 Å². The summed E-state index contributed by atoms with van der Waals surface area (Å²) in [6, 6.07) is 17.4. The molecule has 2 aliphatic rings. The summed E-state index contributed by atoms with van der Waals surface area (Å²) in [5, 5.41) is 4.98. The fraction of sp³-hybridized carbons (Fsp3) is 0. The van der Waals surface area contributed by atoms with Crippen LogP contribution in [0.15, 0.2) is 59.7 Å². The molecule has 0 unspecified atom stereocenters. The molecule has 1 heteroatoms. The summed E-state index contributed by atoms with van der Waals surface area (Å²) < 4.78 is 0. The van der Waals surface area contributed by atoms with Crippen molar-refractivity contribution in [1.29, 1.82) is 0 Å². The van der Waals surface area contributed by atoms with Gasteiger partial charge in [-0.1, -0.05) is 48.5 Å². The molecule has 0 aromatic heterocycles. The molecule has 0 saturated carbocycles. The van der Waals surface area contributed by atoms with E-state index in [0.717, 1.165) is 5.36 Å². The van der Waals surface area contributed by atoms with Gasteiger partial charge in [0.25, 0.3) is 0 Å². The first-order valence-electron chi connectivity index (χ1n) is 6.83. The van der Waals surface area contributed by atoms with E-state index in [9.17, 15) is 0 Å². The first-order valence-corrected chi connectivity index (χ1v) is 6.83. The summed E-state index contributed by atoms with van der Waals surface area (Å²) in [6.45, 7) is 0. The van der Waals surface area contributed by atoms with Crippen LogP contribution in [0, 0.1) is 0 Å². The minimum absolute atomic E-state index is 1.11. The zero-order chi connectivity index (χ0) is 13.1. The molecule has 92 valence electrons. The Labute approximate surface area is 116 Å². The van der Waals surface area contributed by atoms with Gasteiger partial charge in [0, 0.05) is 17.1 Å². The number of rotatable bonds is 0. The molecule has 0 fully saturated rings. The molecule has 0 amide bonds. The van der Waals surface area contributed by atoms with Crippen LogP contribution < -0.4 is 10.6 Å².